The molecule has 0 saturated carbocycles. The number of hydrogen-bond donors (Lipinski definition) is 0. The van der Waals surface area contributed by atoms with Gasteiger partial charge in [-0.2, -0.15) is 0 Å². The maximum absolute atomic E-state index is 2.95. The van der Waals surface area contributed by atoms with Gasteiger partial charge in [0.05, 0.1) is 22.1 Å². The number of benzene rings is 9. The van der Waals surface area contributed by atoms with Crippen LogP contribution < -0.4 is 20.7 Å². The molecule has 2 aliphatic heterocycles. The van der Waals surface area contributed by atoms with E-state index in [-0.39, 0.29) is 5.41 Å². The maximum atomic E-state index is 2.60. The van der Waals surface area contributed by atoms with Crippen molar-refractivity contribution < 1.29 is 0 Å². The Labute approximate surface area is 367 Å². The summed E-state index contributed by atoms with van der Waals surface area (Å²) in [4.78, 5) is 2.77. The topological polar surface area (TPSA) is 9.86 Å². The second kappa shape index (κ2) is 12.7. The van der Waals surface area contributed by atoms with Gasteiger partial charge in [0.15, 0.2) is 8.07 Å². The van der Waals surface area contributed by atoms with Crippen LogP contribution in [-0.2, 0) is 5.41 Å². The lowest BCUT2D eigenvalue weighted by Gasteiger charge is -2.38. The molecule has 0 bridgehead atoms. The summed E-state index contributed by atoms with van der Waals surface area (Å²) in [7, 11) is -2.95. The van der Waals surface area contributed by atoms with E-state index in [1.807, 2.05) is 11.8 Å². The Morgan fingerprint density at radius 3 is 1.63 bits per heavy atom. The molecular weight excluding hydrogens is 785 g/mol. The van der Waals surface area contributed by atoms with Crippen LogP contribution in [0.3, 0.4) is 0 Å². The number of fused-ring (bicyclic) bond motifs is 16. The van der Waals surface area contributed by atoms with Crippen LogP contribution in [0.5, 0.6) is 0 Å². The van der Waals surface area contributed by atoms with Crippen LogP contribution in [0.4, 0.5) is 0 Å². The van der Waals surface area contributed by atoms with E-state index in [1.54, 1.807) is 0 Å². The highest BCUT2D eigenvalue weighted by Crippen LogP contribution is 2.42. The normalized spacial score (nSPS) is 15.5. The molecule has 1 atom stereocenters. The van der Waals surface area contributed by atoms with Gasteiger partial charge in [-0.05, 0) is 146 Å². The minimum absolute atomic E-state index is 0.0288. The van der Waals surface area contributed by atoms with E-state index in [0.717, 1.165) is 0 Å². The molecule has 13 rings (SSSR count). The van der Waals surface area contributed by atoms with Gasteiger partial charge in [-0.3, -0.25) is 0 Å². The van der Waals surface area contributed by atoms with Crippen LogP contribution in [-0.4, -0.2) is 17.2 Å². The third-order valence-electron chi connectivity index (χ3n) is 14.0. The van der Waals surface area contributed by atoms with Crippen molar-refractivity contribution in [2.75, 3.05) is 0 Å². The summed E-state index contributed by atoms with van der Waals surface area (Å²) in [6, 6.07) is 68.1. The molecule has 0 aliphatic carbocycles. The predicted molar refractivity (Wildman–Crippen MR) is 268 cm³/mol. The van der Waals surface area contributed by atoms with Crippen molar-refractivity contribution >= 4 is 95.0 Å². The largest absolute Gasteiger partial charge is 0.309 e. The Bertz CT molecular complexity index is 3690. The first kappa shape index (κ1) is 36.1. The molecule has 0 amide bonds. The molecule has 0 saturated heterocycles. The summed E-state index contributed by atoms with van der Waals surface area (Å²) in [6.07, 6.45) is 0. The van der Waals surface area contributed by atoms with Gasteiger partial charge in [-0.25, -0.2) is 0 Å². The van der Waals surface area contributed by atoms with E-state index in [4.69, 9.17) is 0 Å². The molecule has 296 valence electrons. The van der Waals surface area contributed by atoms with Crippen molar-refractivity contribution in [3.8, 4) is 22.5 Å². The molecule has 1 unspecified atom stereocenters. The monoisotopic (exact) mass is 828 g/mol. The third-order valence-corrected chi connectivity index (χ3v) is 20.4. The Morgan fingerprint density at radius 2 is 0.952 bits per heavy atom. The lowest BCUT2D eigenvalue weighted by atomic mass is 9.87. The molecule has 0 fully saturated rings. The van der Waals surface area contributed by atoms with Crippen molar-refractivity contribution in [1.82, 2.24) is 9.13 Å². The molecule has 9 aromatic carbocycles. The van der Waals surface area contributed by atoms with Crippen LogP contribution in [0.25, 0.3) is 76.9 Å². The molecular formula is C58H44N2SSi. The van der Waals surface area contributed by atoms with Crippen LogP contribution >= 0.6 is 11.8 Å². The minimum Gasteiger partial charge on any atom is -0.309 e. The van der Waals surface area contributed by atoms with Crippen molar-refractivity contribution in [2.24, 2.45) is 0 Å². The fraction of sp³-hybridized carbons (Fsp3) is 0.103. The van der Waals surface area contributed by atoms with E-state index in [1.165, 1.54) is 124 Å². The molecule has 0 N–H and O–H groups in total. The Hall–Kier alpha value is -6.59. The first-order valence-electron chi connectivity index (χ1n) is 21.8. The van der Waals surface area contributed by atoms with Gasteiger partial charge < -0.3 is 9.13 Å². The van der Waals surface area contributed by atoms with E-state index in [2.05, 4.69) is 220 Å². The van der Waals surface area contributed by atoms with Crippen molar-refractivity contribution in [3.05, 3.63) is 193 Å². The zero-order chi connectivity index (χ0) is 41.6. The van der Waals surface area contributed by atoms with E-state index in [0.29, 0.717) is 0 Å². The number of hydrogen-bond acceptors (Lipinski definition) is 1. The van der Waals surface area contributed by atoms with Gasteiger partial charge in [0.2, 0.25) is 0 Å². The zero-order valence-electron chi connectivity index (χ0n) is 35.5. The van der Waals surface area contributed by atoms with Gasteiger partial charge in [-0.15, -0.1) is 0 Å². The Balaban J connectivity index is 1.14. The standard InChI is InChI=1S/C58H44N2SSi/c1-35-18-25-49-45(28-35)46-29-36(2)19-26-50(46)59(49)40-21-23-43-44-24-22-41(60-48-15-9-8-14-42(48)47-30-37-12-6-7-13-38(37)31-51(47)60)34-57(44)62(56(43)33-40)54-17-11-10-16-52(54)61-53-32-39(58(3,4)5)20-27-55(53)62/h6-34H,1-5H3. The quantitative estimate of drug-likeness (QED) is 0.158. The highest BCUT2D eigenvalue weighted by molar-refractivity contribution is 8.00. The molecule has 62 heavy (non-hydrogen) atoms. The number of nitrogens with zero attached hydrogens (tertiary/aromatic N) is 2. The van der Waals surface area contributed by atoms with Crippen LogP contribution in [0.15, 0.2) is 186 Å². The molecule has 0 radical (unpaired) electrons. The van der Waals surface area contributed by atoms with Crippen LogP contribution in [0, 0.1) is 13.8 Å². The molecule has 4 heterocycles. The second-order valence-electron chi connectivity index (χ2n) is 18.7. The molecule has 11 aromatic rings. The fourth-order valence-electron chi connectivity index (χ4n) is 11.1. The van der Waals surface area contributed by atoms with E-state index >= 15 is 0 Å². The number of para-hydroxylation sites is 1. The molecule has 1 spiro atoms. The van der Waals surface area contributed by atoms with Gasteiger partial charge >= 0.3 is 0 Å². The van der Waals surface area contributed by atoms with Gasteiger partial charge in [0.1, 0.15) is 0 Å². The highest BCUT2D eigenvalue weighted by Gasteiger charge is 2.53. The van der Waals surface area contributed by atoms with Gasteiger partial charge in [0.25, 0.3) is 0 Å². The third kappa shape index (κ3) is 4.88. The first-order chi connectivity index (χ1) is 30.2. The summed E-state index contributed by atoms with van der Waals surface area (Å²) < 4.78 is 5.05. The Kier molecular flexibility index (Phi) is 7.41. The summed E-state index contributed by atoms with van der Waals surface area (Å²) in [5.41, 5.74) is 14.1. The number of aromatic nitrogens is 2. The minimum atomic E-state index is -2.95. The lowest BCUT2D eigenvalue weighted by Crippen LogP contribution is -2.74. The average molecular weight is 829 g/mol. The van der Waals surface area contributed by atoms with Gasteiger partial charge in [-0.1, -0.05) is 141 Å². The molecule has 2 aromatic heterocycles. The van der Waals surface area contributed by atoms with Crippen molar-refractivity contribution in [1.29, 1.82) is 0 Å². The summed E-state index contributed by atoms with van der Waals surface area (Å²) in [5.74, 6) is 0. The summed E-state index contributed by atoms with van der Waals surface area (Å²) >= 11 is 1.96. The molecule has 4 heteroatoms. The number of aryl methyl sites for hydroxylation is 2. The molecule has 2 aliphatic rings. The smallest absolute Gasteiger partial charge is 0.183 e. The second-order valence-corrected chi connectivity index (χ2v) is 23.5. The van der Waals surface area contributed by atoms with Crippen LogP contribution in [0.1, 0.15) is 37.5 Å². The Morgan fingerprint density at radius 1 is 0.403 bits per heavy atom. The van der Waals surface area contributed by atoms with Crippen LogP contribution in [0.2, 0.25) is 0 Å². The summed E-state index contributed by atoms with van der Waals surface area (Å²) in [5, 5.41) is 13.6. The lowest BCUT2D eigenvalue weighted by molar-refractivity contribution is 0.589. The highest BCUT2D eigenvalue weighted by atomic mass is 32.2. The zero-order valence-corrected chi connectivity index (χ0v) is 37.4. The maximum Gasteiger partial charge on any atom is 0.183 e. The van der Waals surface area contributed by atoms with Gasteiger partial charge in [0, 0.05) is 42.7 Å². The molecule has 2 nitrogen and oxygen atoms in total. The van der Waals surface area contributed by atoms with Crippen molar-refractivity contribution in [3.63, 3.8) is 0 Å². The SMILES string of the molecule is Cc1ccc2c(c1)c1cc(C)ccc1n2-c1ccc2c(c1)[Si]1(c3ccccc3Sc3cc(C(C)(C)C)ccc31)c1cc(-n3c4ccccc4c4cc5ccccc5cc43)ccc1-2. The van der Waals surface area contributed by atoms with E-state index in [9.17, 15) is 0 Å². The van der Waals surface area contributed by atoms with Crippen molar-refractivity contribution in [2.45, 2.75) is 49.8 Å². The first-order valence-corrected chi connectivity index (χ1v) is 24.6. The summed E-state index contributed by atoms with van der Waals surface area (Å²) in [6.45, 7) is 11.4. The number of rotatable bonds is 2. The average Bonchev–Trinajstić information content (AvgIpc) is 3.88. The predicted octanol–water partition coefficient (Wildman–Crippen LogP) is 12.8. The fourth-order valence-corrected chi connectivity index (χ4v) is 18.6. The van der Waals surface area contributed by atoms with E-state index < -0.39 is 8.07 Å².